The molecule has 0 unspecified atom stereocenters. The van der Waals surface area contributed by atoms with Gasteiger partial charge in [-0.25, -0.2) is 4.79 Å². The lowest BCUT2D eigenvalue weighted by Gasteiger charge is -2.11. The molecule has 4 heteroatoms. The van der Waals surface area contributed by atoms with Crippen LogP contribution in [0.25, 0.3) is 0 Å². The molecule has 0 bridgehead atoms. The highest BCUT2D eigenvalue weighted by atomic mass is 79.9. The number of hydrogen-bond acceptors (Lipinski definition) is 2. The first kappa shape index (κ1) is 14.6. The van der Waals surface area contributed by atoms with E-state index in [-0.39, 0.29) is 0 Å². The third-order valence-corrected chi connectivity index (χ3v) is 3.60. The van der Waals surface area contributed by atoms with Gasteiger partial charge in [0.25, 0.3) is 0 Å². The molecule has 0 aromatic heterocycles. The Morgan fingerprint density at radius 1 is 1.15 bits per heavy atom. The van der Waals surface area contributed by atoms with E-state index in [1.807, 2.05) is 32.0 Å². The molecule has 1 N–H and O–H groups in total. The van der Waals surface area contributed by atoms with Gasteiger partial charge in [-0.15, -0.1) is 0 Å². The fourth-order valence-corrected chi connectivity index (χ4v) is 2.40. The van der Waals surface area contributed by atoms with Gasteiger partial charge in [0, 0.05) is 4.47 Å². The van der Waals surface area contributed by atoms with Gasteiger partial charge in [-0.05, 0) is 60.9 Å². The van der Waals surface area contributed by atoms with Gasteiger partial charge in [-0.3, -0.25) is 0 Å². The van der Waals surface area contributed by atoms with Crippen molar-refractivity contribution < 1.29 is 14.6 Å². The Labute approximate surface area is 126 Å². The van der Waals surface area contributed by atoms with Crippen LogP contribution in [0.1, 0.15) is 27.0 Å². The topological polar surface area (TPSA) is 46.5 Å². The Kier molecular flexibility index (Phi) is 4.45. The van der Waals surface area contributed by atoms with Crippen LogP contribution in [0.4, 0.5) is 0 Å². The highest BCUT2D eigenvalue weighted by Gasteiger charge is 2.07. The molecular weight excluding hydrogens is 320 g/mol. The number of ether oxygens (including phenoxy) is 1. The van der Waals surface area contributed by atoms with E-state index in [1.54, 1.807) is 18.2 Å². The molecule has 2 rings (SSSR count). The van der Waals surface area contributed by atoms with E-state index in [9.17, 15) is 4.79 Å². The number of carboxylic acids is 1. The van der Waals surface area contributed by atoms with Gasteiger partial charge in [0.2, 0.25) is 0 Å². The van der Waals surface area contributed by atoms with Gasteiger partial charge in [-0.2, -0.15) is 0 Å². The summed E-state index contributed by atoms with van der Waals surface area (Å²) in [7, 11) is 0. The Morgan fingerprint density at radius 2 is 1.90 bits per heavy atom. The molecule has 20 heavy (non-hydrogen) atoms. The van der Waals surface area contributed by atoms with Gasteiger partial charge >= 0.3 is 5.97 Å². The van der Waals surface area contributed by atoms with Crippen molar-refractivity contribution >= 4 is 21.9 Å². The molecule has 2 aromatic rings. The summed E-state index contributed by atoms with van der Waals surface area (Å²) in [6, 6.07) is 10.9. The first-order valence-corrected chi connectivity index (χ1v) is 6.98. The highest BCUT2D eigenvalue weighted by molar-refractivity contribution is 9.10. The van der Waals surface area contributed by atoms with Crippen molar-refractivity contribution in [1.29, 1.82) is 0 Å². The first-order chi connectivity index (χ1) is 9.47. The van der Waals surface area contributed by atoms with Gasteiger partial charge in [0.1, 0.15) is 12.4 Å². The zero-order valence-electron chi connectivity index (χ0n) is 11.3. The Hall–Kier alpha value is -1.81. The van der Waals surface area contributed by atoms with Crippen LogP contribution in [0.5, 0.6) is 5.75 Å². The lowest BCUT2D eigenvalue weighted by Crippen LogP contribution is -2.02. The molecule has 0 atom stereocenters. The lowest BCUT2D eigenvalue weighted by molar-refractivity contribution is 0.0696. The molecular formula is C16H15BrO3. The lowest BCUT2D eigenvalue weighted by atomic mass is 10.1. The zero-order chi connectivity index (χ0) is 14.7. The molecule has 0 spiro atoms. The zero-order valence-corrected chi connectivity index (χ0v) is 12.9. The van der Waals surface area contributed by atoms with E-state index in [2.05, 4.69) is 15.9 Å². The molecule has 0 saturated heterocycles. The van der Waals surface area contributed by atoms with Crippen LogP contribution in [-0.2, 0) is 6.61 Å². The van der Waals surface area contributed by atoms with Crippen molar-refractivity contribution in [2.24, 2.45) is 0 Å². The summed E-state index contributed by atoms with van der Waals surface area (Å²) in [4.78, 5) is 10.9. The van der Waals surface area contributed by atoms with Crippen LogP contribution < -0.4 is 4.74 Å². The van der Waals surface area contributed by atoms with Gasteiger partial charge in [0.05, 0.1) is 5.56 Å². The predicted octanol–water partition coefficient (Wildman–Crippen LogP) is 4.34. The summed E-state index contributed by atoms with van der Waals surface area (Å²) in [6.45, 7) is 4.30. The molecule has 0 aliphatic rings. The number of benzene rings is 2. The number of halogens is 1. The second kappa shape index (κ2) is 6.09. The van der Waals surface area contributed by atoms with Gasteiger partial charge in [0.15, 0.2) is 0 Å². The summed E-state index contributed by atoms with van der Waals surface area (Å²) in [5.74, 6) is -0.0840. The van der Waals surface area contributed by atoms with E-state index in [0.29, 0.717) is 12.2 Å². The van der Waals surface area contributed by atoms with Crippen molar-refractivity contribution in [3.63, 3.8) is 0 Å². The molecule has 0 heterocycles. The summed E-state index contributed by atoms with van der Waals surface area (Å²) in [5.41, 5.74) is 3.25. The van der Waals surface area contributed by atoms with Crippen molar-refractivity contribution in [2.75, 3.05) is 0 Å². The minimum atomic E-state index is -0.913. The molecule has 0 saturated carbocycles. The fourth-order valence-electron chi connectivity index (χ4n) is 1.92. The number of carboxylic acid groups (broad SMARTS) is 1. The van der Waals surface area contributed by atoms with Crippen LogP contribution in [0.15, 0.2) is 40.9 Å². The van der Waals surface area contributed by atoms with E-state index in [1.165, 1.54) is 0 Å². The normalized spacial score (nSPS) is 10.3. The van der Waals surface area contributed by atoms with Crippen molar-refractivity contribution in [3.05, 3.63) is 63.1 Å². The van der Waals surface area contributed by atoms with E-state index in [0.717, 1.165) is 26.9 Å². The maximum absolute atomic E-state index is 10.9. The number of rotatable bonds is 4. The summed E-state index contributed by atoms with van der Waals surface area (Å²) in [6.07, 6.45) is 0. The second-order valence-corrected chi connectivity index (χ2v) is 5.56. The quantitative estimate of drug-likeness (QED) is 0.904. The van der Waals surface area contributed by atoms with Gasteiger partial charge in [-0.1, -0.05) is 22.0 Å². The van der Waals surface area contributed by atoms with Gasteiger partial charge < -0.3 is 9.84 Å². The Balaban J connectivity index is 2.13. The predicted molar refractivity (Wildman–Crippen MR) is 81.3 cm³/mol. The minimum Gasteiger partial charge on any atom is -0.489 e. The SMILES string of the molecule is Cc1cc(C(=O)O)ccc1COc1ccc(Br)cc1C. The van der Waals surface area contributed by atoms with Crippen LogP contribution in [0.2, 0.25) is 0 Å². The van der Waals surface area contributed by atoms with Crippen molar-refractivity contribution in [3.8, 4) is 5.75 Å². The van der Waals surface area contributed by atoms with Crippen LogP contribution >= 0.6 is 15.9 Å². The molecule has 3 nitrogen and oxygen atoms in total. The minimum absolute atomic E-state index is 0.297. The summed E-state index contributed by atoms with van der Waals surface area (Å²) in [5, 5.41) is 8.93. The molecule has 0 fully saturated rings. The monoisotopic (exact) mass is 334 g/mol. The molecule has 2 aromatic carbocycles. The van der Waals surface area contributed by atoms with E-state index >= 15 is 0 Å². The molecule has 0 aliphatic carbocycles. The first-order valence-electron chi connectivity index (χ1n) is 6.19. The maximum Gasteiger partial charge on any atom is 0.335 e. The third-order valence-electron chi connectivity index (χ3n) is 3.11. The average Bonchev–Trinajstić information content (AvgIpc) is 2.38. The third kappa shape index (κ3) is 3.39. The molecule has 0 radical (unpaired) electrons. The van der Waals surface area contributed by atoms with Crippen LogP contribution in [-0.4, -0.2) is 11.1 Å². The van der Waals surface area contributed by atoms with Crippen LogP contribution in [0, 0.1) is 13.8 Å². The van der Waals surface area contributed by atoms with E-state index < -0.39 is 5.97 Å². The Bertz CT molecular complexity index is 650. The smallest absolute Gasteiger partial charge is 0.335 e. The number of carbonyl (C=O) groups is 1. The van der Waals surface area contributed by atoms with Crippen LogP contribution in [0.3, 0.4) is 0 Å². The second-order valence-electron chi connectivity index (χ2n) is 4.64. The Morgan fingerprint density at radius 3 is 2.50 bits per heavy atom. The molecule has 104 valence electrons. The number of hydrogen-bond donors (Lipinski definition) is 1. The number of aryl methyl sites for hydroxylation is 2. The largest absolute Gasteiger partial charge is 0.489 e. The highest BCUT2D eigenvalue weighted by Crippen LogP contribution is 2.23. The molecule has 0 aliphatic heterocycles. The van der Waals surface area contributed by atoms with Crippen molar-refractivity contribution in [1.82, 2.24) is 0 Å². The standard InChI is InChI=1S/C16H15BrO3/c1-10-7-12(16(18)19)3-4-13(10)9-20-15-6-5-14(17)8-11(15)2/h3-8H,9H2,1-2H3,(H,18,19). The maximum atomic E-state index is 10.9. The van der Waals surface area contributed by atoms with Crippen molar-refractivity contribution in [2.45, 2.75) is 20.5 Å². The van der Waals surface area contributed by atoms with E-state index in [4.69, 9.17) is 9.84 Å². The summed E-state index contributed by atoms with van der Waals surface area (Å²) < 4.78 is 6.81. The number of aromatic carboxylic acids is 1. The fraction of sp³-hybridized carbons (Fsp3) is 0.188. The molecule has 0 amide bonds. The summed E-state index contributed by atoms with van der Waals surface area (Å²) >= 11 is 3.41. The average molecular weight is 335 g/mol.